The van der Waals surface area contributed by atoms with Crippen molar-refractivity contribution < 1.29 is 4.74 Å². The molecule has 2 heterocycles. The van der Waals surface area contributed by atoms with E-state index in [0.717, 1.165) is 25.6 Å². The standard InChI is InChI=1S/C7H10N2O/c1-2-8-7-6(1)5-10-4-3-9-7/h1-2,8-9H,3-5H2. The highest BCUT2D eigenvalue weighted by Gasteiger charge is 2.05. The van der Waals surface area contributed by atoms with Gasteiger partial charge < -0.3 is 15.0 Å². The number of ether oxygens (including phenoxy) is 1. The van der Waals surface area contributed by atoms with E-state index < -0.39 is 0 Å². The van der Waals surface area contributed by atoms with Gasteiger partial charge in [0, 0.05) is 18.3 Å². The predicted molar refractivity (Wildman–Crippen MR) is 38.9 cm³/mol. The monoisotopic (exact) mass is 138 g/mol. The first-order valence-corrected chi connectivity index (χ1v) is 3.45. The molecule has 10 heavy (non-hydrogen) atoms. The average molecular weight is 138 g/mol. The van der Waals surface area contributed by atoms with Crippen LogP contribution in [0.1, 0.15) is 5.56 Å². The second-order valence-corrected chi connectivity index (χ2v) is 2.36. The highest BCUT2D eigenvalue weighted by Crippen LogP contribution is 2.15. The first-order chi connectivity index (χ1) is 4.97. The Kier molecular flexibility index (Phi) is 1.36. The van der Waals surface area contributed by atoms with Crippen LogP contribution >= 0.6 is 0 Å². The van der Waals surface area contributed by atoms with Crippen molar-refractivity contribution in [2.45, 2.75) is 6.61 Å². The van der Waals surface area contributed by atoms with Gasteiger partial charge >= 0.3 is 0 Å². The molecule has 0 radical (unpaired) electrons. The summed E-state index contributed by atoms with van der Waals surface area (Å²) in [6.07, 6.45) is 1.92. The van der Waals surface area contributed by atoms with Crippen LogP contribution in [0.15, 0.2) is 12.3 Å². The maximum atomic E-state index is 5.30. The maximum absolute atomic E-state index is 5.30. The lowest BCUT2D eigenvalue weighted by atomic mass is 10.3. The van der Waals surface area contributed by atoms with Crippen LogP contribution in [0.5, 0.6) is 0 Å². The number of nitrogens with one attached hydrogen (secondary N) is 2. The first kappa shape index (κ1) is 5.80. The molecule has 1 aromatic heterocycles. The fourth-order valence-corrected chi connectivity index (χ4v) is 1.12. The molecule has 0 fully saturated rings. The molecule has 0 spiro atoms. The smallest absolute Gasteiger partial charge is 0.108 e. The van der Waals surface area contributed by atoms with E-state index in [1.165, 1.54) is 5.56 Å². The van der Waals surface area contributed by atoms with Crippen molar-refractivity contribution in [1.29, 1.82) is 0 Å². The summed E-state index contributed by atoms with van der Waals surface area (Å²) in [5.41, 5.74) is 1.22. The minimum atomic E-state index is 0.728. The molecule has 2 rings (SSSR count). The summed E-state index contributed by atoms with van der Waals surface area (Å²) in [7, 11) is 0. The van der Waals surface area contributed by atoms with Gasteiger partial charge in [0.15, 0.2) is 0 Å². The Morgan fingerprint density at radius 3 is 3.50 bits per heavy atom. The number of hydrogen-bond acceptors (Lipinski definition) is 2. The summed E-state index contributed by atoms with van der Waals surface area (Å²) < 4.78 is 5.30. The van der Waals surface area contributed by atoms with Crippen molar-refractivity contribution in [2.24, 2.45) is 0 Å². The number of aromatic amines is 1. The van der Waals surface area contributed by atoms with Gasteiger partial charge in [-0.3, -0.25) is 0 Å². The molecule has 0 aromatic carbocycles. The minimum absolute atomic E-state index is 0.728. The van der Waals surface area contributed by atoms with Crippen LogP contribution in [-0.4, -0.2) is 18.1 Å². The fourth-order valence-electron chi connectivity index (χ4n) is 1.12. The molecule has 0 bridgehead atoms. The van der Waals surface area contributed by atoms with E-state index in [9.17, 15) is 0 Å². The van der Waals surface area contributed by atoms with Crippen LogP contribution in [-0.2, 0) is 11.3 Å². The Bertz CT molecular complexity index is 199. The third kappa shape index (κ3) is 0.885. The molecule has 0 aliphatic carbocycles. The Morgan fingerprint density at radius 2 is 2.50 bits per heavy atom. The lowest BCUT2D eigenvalue weighted by molar-refractivity contribution is 0.135. The number of rotatable bonds is 0. The van der Waals surface area contributed by atoms with Crippen LogP contribution in [0.25, 0.3) is 0 Å². The zero-order valence-electron chi connectivity index (χ0n) is 5.68. The SMILES string of the molecule is c1cc2c([nH]1)NCCOC2. The molecule has 1 aliphatic heterocycles. The Hall–Kier alpha value is -0.960. The summed E-state index contributed by atoms with van der Waals surface area (Å²) in [6.45, 7) is 2.42. The Labute approximate surface area is 59.4 Å². The van der Waals surface area contributed by atoms with Gasteiger partial charge in [-0.15, -0.1) is 0 Å². The van der Waals surface area contributed by atoms with Gasteiger partial charge in [0.2, 0.25) is 0 Å². The molecular weight excluding hydrogens is 128 g/mol. The van der Waals surface area contributed by atoms with Crippen molar-refractivity contribution in [3.63, 3.8) is 0 Å². The number of anilines is 1. The first-order valence-electron chi connectivity index (χ1n) is 3.45. The van der Waals surface area contributed by atoms with Crippen molar-refractivity contribution in [3.8, 4) is 0 Å². The van der Waals surface area contributed by atoms with E-state index in [2.05, 4.69) is 10.3 Å². The Balaban J connectivity index is 2.28. The second kappa shape index (κ2) is 2.34. The number of H-pyrrole nitrogens is 1. The van der Waals surface area contributed by atoms with E-state index in [4.69, 9.17) is 4.74 Å². The summed E-state index contributed by atoms with van der Waals surface area (Å²) in [5.74, 6) is 1.11. The molecule has 0 unspecified atom stereocenters. The molecule has 3 heteroatoms. The summed E-state index contributed by atoms with van der Waals surface area (Å²) in [5, 5.41) is 3.22. The molecule has 0 amide bonds. The molecule has 2 N–H and O–H groups in total. The van der Waals surface area contributed by atoms with E-state index in [1.54, 1.807) is 0 Å². The molecule has 3 nitrogen and oxygen atoms in total. The van der Waals surface area contributed by atoms with Gasteiger partial charge in [-0.25, -0.2) is 0 Å². The van der Waals surface area contributed by atoms with E-state index >= 15 is 0 Å². The van der Waals surface area contributed by atoms with E-state index in [0.29, 0.717) is 0 Å². The maximum Gasteiger partial charge on any atom is 0.108 e. The summed E-state index contributed by atoms with van der Waals surface area (Å²) in [6, 6.07) is 2.04. The van der Waals surface area contributed by atoms with Crippen LogP contribution in [0.4, 0.5) is 5.82 Å². The summed E-state index contributed by atoms with van der Waals surface area (Å²) >= 11 is 0. The lowest BCUT2D eigenvalue weighted by Gasteiger charge is -1.97. The van der Waals surface area contributed by atoms with Gasteiger partial charge in [-0.2, -0.15) is 0 Å². The van der Waals surface area contributed by atoms with E-state index in [1.807, 2.05) is 12.3 Å². The van der Waals surface area contributed by atoms with Crippen molar-refractivity contribution in [1.82, 2.24) is 4.98 Å². The number of hydrogen-bond donors (Lipinski definition) is 2. The van der Waals surface area contributed by atoms with Crippen LogP contribution in [0.3, 0.4) is 0 Å². The fraction of sp³-hybridized carbons (Fsp3) is 0.429. The van der Waals surface area contributed by atoms with Crippen LogP contribution < -0.4 is 5.32 Å². The predicted octanol–water partition coefficient (Wildman–Crippen LogP) is 0.957. The van der Waals surface area contributed by atoms with Gasteiger partial charge in [0.05, 0.1) is 13.2 Å². The molecule has 1 aliphatic rings. The number of fused-ring (bicyclic) bond motifs is 1. The molecule has 1 aromatic rings. The zero-order chi connectivity index (χ0) is 6.81. The second-order valence-electron chi connectivity index (χ2n) is 2.36. The normalized spacial score (nSPS) is 17.2. The van der Waals surface area contributed by atoms with Crippen LogP contribution in [0, 0.1) is 0 Å². The average Bonchev–Trinajstić information content (AvgIpc) is 2.28. The third-order valence-electron chi connectivity index (χ3n) is 1.64. The van der Waals surface area contributed by atoms with Crippen molar-refractivity contribution >= 4 is 5.82 Å². The van der Waals surface area contributed by atoms with Gasteiger partial charge in [-0.05, 0) is 6.07 Å². The van der Waals surface area contributed by atoms with Crippen LogP contribution in [0.2, 0.25) is 0 Å². The van der Waals surface area contributed by atoms with E-state index in [-0.39, 0.29) is 0 Å². The van der Waals surface area contributed by atoms with Gasteiger partial charge in [0.25, 0.3) is 0 Å². The molecule has 0 saturated heterocycles. The zero-order valence-corrected chi connectivity index (χ0v) is 5.68. The Morgan fingerprint density at radius 1 is 1.50 bits per heavy atom. The lowest BCUT2D eigenvalue weighted by Crippen LogP contribution is -2.04. The van der Waals surface area contributed by atoms with Crippen molar-refractivity contribution in [2.75, 3.05) is 18.5 Å². The number of aromatic nitrogens is 1. The quantitative estimate of drug-likeness (QED) is 0.560. The minimum Gasteiger partial charge on any atom is -0.375 e. The summed E-state index contributed by atoms with van der Waals surface area (Å²) in [4.78, 5) is 3.11. The highest BCUT2D eigenvalue weighted by atomic mass is 16.5. The van der Waals surface area contributed by atoms with Gasteiger partial charge in [0.1, 0.15) is 5.82 Å². The molecule has 54 valence electrons. The van der Waals surface area contributed by atoms with Gasteiger partial charge in [-0.1, -0.05) is 0 Å². The molecule has 0 saturated carbocycles. The van der Waals surface area contributed by atoms with Crippen molar-refractivity contribution in [3.05, 3.63) is 17.8 Å². The third-order valence-corrected chi connectivity index (χ3v) is 1.64. The molecule has 0 atom stereocenters. The highest BCUT2D eigenvalue weighted by molar-refractivity contribution is 5.44. The topological polar surface area (TPSA) is 37.0 Å². The largest absolute Gasteiger partial charge is 0.375 e. The molecular formula is C7H10N2O.